The molecule has 0 saturated carbocycles. The van der Waals surface area contributed by atoms with Crippen molar-refractivity contribution in [1.82, 2.24) is 0 Å². The second-order valence-corrected chi connectivity index (χ2v) is 4.29. The van der Waals surface area contributed by atoms with E-state index in [0.717, 1.165) is 23.8 Å². The molecule has 0 spiro atoms. The van der Waals surface area contributed by atoms with Crippen molar-refractivity contribution < 1.29 is 4.74 Å². The molecule has 1 aromatic rings. The third-order valence-electron chi connectivity index (χ3n) is 2.51. The van der Waals surface area contributed by atoms with Gasteiger partial charge in [-0.05, 0) is 24.1 Å². The lowest BCUT2D eigenvalue weighted by Gasteiger charge is -2.04. The fourth-order valence-electron chi connectivity index (χ4n) is 1.73. The van der Waals surface area contributed by atoms with E-state index in [1.165, 1.54) is 5.56 Å². The molecule has 1 aliphatic rings. The molecule has 0 aliphatic carbocycles. The van der Waals surface area contributed by atoms with Crippen LogP contribution >= 0.6 is 11.6 Å². The standard InChI is InChI=1S/C12H15ClN2O/c13-10-3-1-9(2-4-10)7-11-8-16-12(15-11)5-6-14/h1-4,11H,5-8,14H2. The van der Waals surface area contributed by atoms with Crippen LogP contribution in [0.1, 0.15) is 12.0 Å². The van der Waals surface area contributed by atoms with E-state index in [4.69, 9.17) is 22.1 Å². The van der Waals surface area contributed by atoms with E-state index in [0.29, 0.717) is 13.2 Å². The van der Waals surface area contributed by atoms with Crippen molar-refractivity contribution in [2.24, 2.45) is 10.7 Å². The van der Waals surface area contributed by atoms with Crippen LogP contribution in [0.25, 0.3) is 0 Å². The van der Waals surface area contributed by atoms with Gasteiger partial charge in [-0.15, -0.1) is 0 Å². The quantitative estimate of drug-likeness (QED) is 0.873. The van der Waals surface area contributed by atoms with Crippen LogP contribution in [0.4, 0.5) is 0 Å². The molecule has 4 heteroatoms. The van der Waals surface area contributed by atoms with Crippen molar-refractivity contribution in [3.05, 3.63) is 34.9 Å². The molecule has 16 heavy (non-hydrogen) atoms. The Balaban J connectivity index is 1.93. The predicted molar refractivity (Wildman–Crippen MR) is 66.0 cm³/mol. The van der Waals surface area contributed by atoms with Gasteiger partial charge < -0.3 is 10.5 Å². The molecule has 0 bridgehead atoms. The van der Waals surface area contributed by atoms with E-state index in [1.54, 1.807) is 0 Å². The van der Waals surface area contributed by atoms with E-state index in [-0.39, 0.29) is 6.04 Å². The molecule has 0 fully saturated rings. The molecular weight excluding hydrogens is 224 g/mol. The summed E-state index contributed by atoms with van der Waals surface area (Å²) in [5, 5.41) is 0.763. The van der Waals surface area contributed by atoms with Gasteiger partial charge in [0.1, 0.15) is 6.61 Å². The van der Waals surface area contributed by atoms with Gasteiger partial charge in [0.05, 0.1) is 6.04 Å². The summed E-state index contributed by atoms with van der Waals surface area (Å²) in [6, 6.07) is 8.08. The highest BCUT2D eigenvalue weighted by atomic mass is 35.5. The number of nitrogens with two attached hydrogens (primary N) is 1. The van der Waals surface area contributed by atoms with Crippen LogP contribution in [0.2, 0.25) is 5.02 Å². The second-order valence-electron chi connectivity index (χ2n) is 3.86. The molecule has 1 heterocycles. The summed E-state index contributed by atoms with van der Waals surface area (Å²) in [6.45, 7) is 1.25. The molecule has 3 nitrogen and oxygen atoms in total. The molecule has 86 valence electrons. The first-order valence-corrected chi connectivity index (χ1v) is 5.79. The number of hydrogen-bond acceptors (Lipinski definition) is 3. The number of halogens is 1. The van der Waals surface area contributed by atoms with Crippen molar-refractivity contribution in [2.45, 2.75) is 18.9 Å². The molecule has 2 N–H and O–H groups in total. The Bertz CT molecular complexity index is 375. The zero-order chi connectivity index (χ0) is 11.4. The third-order valence-corrected chi connectivity index (χ3v) is 2.76. The number of ether oxygens (including phenoxy) is 1. The van der Waals surface area contributed by atoms with Gasteiger partial charge in [0.2, 0.25) is 0 Å². The zero-order valence-electron chi connectivity index (χ0n) is 9.03. The minimum atomic E-state index is 0.225. The van der Waals surface area contributed by atoms with Gasteiger partial charge in [-0.2, -0.15) is 0 Å². The lowest BCUT2D eigenvalue weighted by atomic mass is 10.1. The Morgan fingerprint density at radius 1 is 1.38 bits per heavy atom. The second kappa shape index (κ2) is 5.32. The first-order chi connectivity index (χ1) is 7.78. The number of benzene rings is 1. The summed E-state index contributed by atoms with van der Waals surface area (Å²) in [5.74, 6) is 0.793. The molecule has 0 radical (unpaired) electrons. The Kier molecular flexibility index (Phi) is 3.80. The third kappa shape index (κ3) is 2.97. The maximum Gasteiger partial charge on any atom is 0.184 e. The maximum atomic E-state index is 5.83. The summed E-state index contributed by atoms with van der Waals surface area (Å²) >= 11 is 5.83. The van der Waals surface area contributed by atoms with Gasteiger partial charge in [0, 0.05) is 18.0 Å². The van der Waals surface area contributed by atoms with Gasteiger partial charge in [-0.1, -0.05) is 23.7 Å². The van der Waals surface area contributed by atoms with Crippen LogP contribution in [-0.4, -0.2) is 25.1 Å². The largest absolute Gasteiger partial charge is 0.479 e. The summed E-state index contributed by atoms with van der Waals surface area (Å²) in [5.41, 5.74) is 6.68. The number of aliphatic imine (C=N–C) groups is 1. The monoisotopic (exact) mass is 238 g/mol. The fraction of sp³-hybridized carbons (Fsp3) is 0.417. The molecule has 0 amide bonds. The van der Waals surface area contributed by atoms with Crippen molar-refractivity contribution >= 4 is 17.5 Å². The summed E-state index contributed by atoms with van der Waals surface area (Å²) < 4.78 is 5.45. The molecule has 1 unspecified atom stereocenters. The van der Waals surface area contributed by atoms with Gasteiger partial charge in [0.25, 0.3) is 0 Å². The predicted octanol–water partition coefficient (Wildman–Crippen LogP) is 2.03. The normalized spacial score (nSPS) is 19.4. The fourth-order valence-corrected chi connectivity index (χ4v) is 1.85. The topological polar surface area (TPSA) is 47.6 Å². The van der Waals surface area contributed by atoms with Crippen LogP contribution < -0.4 is 5.73 Å². The Morgan fingerprint density at radius 3 is 2.81 bits per heavy atom. The highest BCUT2D eigenvalue weighted by molar-refractivity contribution is 6.30. The number of rotatable bonds is 4. The van der Waals surface area contributed by atoms with Crippen LogP contribution in [0.3, 0.4) is 0 Å². The average molecular weight is 239 g/mol. The average Bonchev–Trinajstić information content (AvgIpc) is 2.70. The minimum Gasteiger partial charge on any atom is -0.479 e. The van der Waals surface area contributed by atoms with E-state index >= 15 is 0 Å². The van der Waals surface area contributed by atoms with Crippen LogP contribution in [0.15, 0.2) is 29.3 Å². The number of nitrogens with zero attached hydrogens (tertiary/aromatic N) is 1. The SMILES string of the molecule is NCCC1=NC(Cc2ccc(Cl)cc2)CO1. The molecule has 0 saturated heterocycles. The van der Waals surface area contributed by atoms with Gasteiger partial charge >= 0.3 is 0 Å². The van der Waals surface area contributed by atoms with Crippen molar-refractivity contribution in [3.63, 3.8) is 0 Å². The highest BCUT2D eigenvalue weighted by Crippen LogP contribution is 2.15. The Hall–Kier alpha value is -1.06. The lowest BCUT2D eigenvalue weighted by molar-refractivity contribution is 0.309. The zero-order valence-corrected chi connectivity index (χ0v) is 9.78. The highest BCUT2D eigenvalue weighted by Gasteiger charge is 2.18. The van der Waals surface area contributed by atoms with Gasteiger partial charge in [0.15, 0.2) is 5.90 Å². The van der Waals surface area contributed by atoms with Crippen molar-refractivity contribution in [3.8, 4) is 0 Å². The van der Waals surface area contributed by atoms with E-state index in [1.807, 2.05) is 24.3 Å². The van der Waals surface area contributed by atoms with Crippen LogP contribution in [-0.2, 0) is 11.2 Å². The smallest absolute Gasteiger partial charge is 0.184 e. The molecule has 1 aromatic carbocycles. The van der Waals surface area contributed by atoms with E-state index in [2.05, 4.69) is 4.99 Å². The molecule has 2 rings (SSSR count). The lowest BCUT2D eigenvalue weighted by Crippen LogP contribution is -2.10. The summed E-state index contributed by atoms with van der Waals surface area (Å²) in [4.78, 5) is 4.48. The van der Waals surface area contributed by atoms with Gasteiger partial charge in [-0.3, -0.25) is 0 Å². The summed E-state index contributed by atoms with van der Waals surface area (Å²) in [7, 11) is 0. The van der Waals surface area contributed by atoms with Crippen molar-refractivity contribution in [2.75, 3.05) is 13.2 Å². The Morgan fingerprint density at radius 2 is 2.12 bits per heavy atom. The Labute approximate surface area is 100 Å². The summed E-state index contributed by atoms with van der Waals surface area (Å²) in [6.07, 6.45) is 1.63. The van der Waals surface area contributed by atoms with Gasteiger partial charge in [-0.25, -0.2) is 4.99 Å². The van der Waals surface area contributed by atoms with E-state index in [9.17, 15) is 0 Å². The van der Waals surface area contributed by atoms with E-state index < -0.39 is 0 Å². The van der Waals surface area contributed by atoms with Crippen LogP contribution in [0.5, 0.6) is 0 Å². The first kappa shape index (κ1) is 11.4. The van der Waals surface area contributed by atoms with Crippen LogP contribution in [0, 0.1) is 0 Å². The number of hydrogen-bond donors (Lipinski definition) is 1. The molecule has 0 aromatic heterocycles. The maximum absolute atomic E-state index is 5.83. The minimum absolute atomic E-state index is 0.225. The van der Waals surface area contributed by atoms with Crippen molar-refractivity contribution in [1.29, 1.82) is 0 Å². The molecular formula is C12H15ClN2O. The molecule has 1 atom stereocenters. The molecule has 1 aliphatic heterocycles. The first-order valence-electron chi connectivity index (χ1n) is 5.42.